The van der Waals surface area contributed by atoms with Crippen molar-refractivity contribution in [3.05, 3.63) is 89.7 Å². The number of aromatic nitrogens is 4. The number of ether oxygens (including phenoxy) is 1. The third-order valence-electron chi connectivity index (χ3n) is 5.07. The van der Waals surface area contributed by atoms with Crippen molar-refractivity contribution in [1.82, 2.24) is 19.7 Å². The summed E-state index contributed by atoms with van der Waals surface area (Å²) in [5, 5.41) is 8.12. The zero-order valence-electron chi connectivity index (χ0n) is 17.9. The highest BCUT2D eigenvalue weighted by atomic mass is 79.9. The third kappa shape index (κ3) is 4.60. The van der Waals surface area contributed by atoms with E-state index >= 15 is 0 Å². The molecular formula is C25H19BrN6O2. The molecule has 0 radical (unpaired) electrons. The molecule has 34 heavy (non-hydrogen) atoms. The molecule has 0 spiro atoms. The molecule has 2 heterocycles. The summed E-state index contributed by atoms with van der Waals surface area (Å²) in [4.78, 5) is 21.2. The number of nitrogen functional groups attached to an aromatic ring is 1. The first-order valence-electron chi connectivity index (χ1n) is 10.4. The van der Waals surface area contributed by atoms with Crippen LogP contribution in [0, 0.1) is 0 Å². The van der Waals surface area contributed by atoms with Crippen LogP contribution >= 0.6 is 15.9 Å². The number of hydrogen-bond acceptors (Lipinski definition) is 6. The number of carbonyl (C=O) groups excluding carboxylic acids is 1. The molecule has 0 atom stereocenters. The fourth-order valence-electron chi connectivity index (χ4n) is 3.55. The van der Waals surface area contributed by atoms with Gasteiger partial charge in [-0.25, -0.2) is 14.6 Å². The van der Waals surface area contributed by atoms with E-state index < -0.39 is 0 Å². The number of benzene rings is 3. The number of halogens is 1. The molecule has 0 saturated carbocycles. The van der Waals surface area contributed by atoms with Crippen molar-refractivity contribution >= 4 is 44.4 Å². The number of fused-ring (bicyclic) bond motifs is 1. The highest BCUT2D eigenvalue weighted by Gasteiger charge is 2.19. The lowest BCUT2D eigenvalue weighted by atomic mass is 10.1. The van der Waals surface area contributed by atoms with Gasteiger partial charge in [-0.2, -0.15) is 5.10 Å². The van der Waals surface area contributed by atoms with Crippen LogP contribution < -0.4 is 15.8 Å². The predicted molar refractivity (Wildman–Crippen MR) is 134 cm³/mol. The lowest BCUT2D eigenvalue weighted by Crippen LogP contribution is -2.19. The van der Waals surface area contributed by atoms with E-state index in [1.54, 1.807) is 0 Å². The minimum absolute atomic E-state index is 0.0331. The zero-order chi connectivity index (χ0) is 23.5. The monoisotopic (exact) mass is 514 g/mol. The fourth-order valence-corrected chi connectivity index (χ4v) is 3.95. The molecule has 0 aliphatic rings. The van der Waals surface area contributed by atoms with Gasteiger partial charge in [-0.15, -0.1) is 0 Å². The minimum atomic E-state index is -0.238. The molecule has 0 aliphatic heterocycles. The van der Waals surface area contributed by atoms with Gasteiger partial charge in [0, 0.05) is 15.7 Å². The van der Waals surface area contributed by atoms with Crippen LogP contribution in [0.3, 0.4) is 0 Å². The molecule has 5 aromatic rings. The van der Waals surface area contributed by atoms with E-state index in [9.17, 15) is 4.79 Å². The van der Waals surface area contributed by atoms with Gasteiger partial charge < -0.3 is 15.8 Å². The molecule has 168 valence electrons. The summed E-state index contributed by atoms with van der Waals surface area (Å²) in [6, 6.07) is 24.4. The fraction of sp³-hybridized carbons (Fsp3) is 0.0400. The van der Waals surface area contributed by atoms with E-state index in [2.05, 4.69) is 36.3 Å². The predicted octanol–water partition coefficient (Wildman–Crippen LogP) is 5.27. The second-order valence-corrected chi connectivity index (χ2v) is 8.38. The Kier molecular flexibility index (Phi) is 5.92. The van der Waals surface area contributed by atoms with Crippen molar-refractivity contribution < 1.29 is 9.53 Å². The number of nitrogens with one attached hydrogen (secondary N) is 1. The van der Waals surface area contributed by atoms with Crippen LogP contribution in [-0.2, 0) is 11.3 Å². The Balaban J connectivity index is 1.43. The summed E-state index contributed by atoms with van der Waals surface area (Å²) in [6.07, 6.45) is 1.36. The van der Waals surface area contributed by atoms with Gasteiger partial charge in [0.05, 0.1) is 5.39 Å². The first-order valence-corrected chi connectivity index (χ1v) is 11.2. The minimum Gasteiger partial charge on any atom is -0.457 e. The second kappa shape index (κ2) is 9.32. The van der Waals surface area contributed by atoms with E-state index in [0.29, 0.717) is 34.0 Å². The number of rotatable bonds is 6. The summed E-state index contributed by atoms with van der Waals surface area (Å²) >= 11 is 3.40. The average molecular weight is 515 g/mol. The van der Waals surface area contributed by atoms with Crippen molar-refractivity contribution in [3.63, 3.8) is 0 Å². The maximum Gasteiger partial charge on any atom is 0.246 e. The zero-order valence-corrected chi connectivity index (χ0v) is 19.4. The van der Waals surface area contributed by atoms with Crippen molar-refractivity contribution in [2.45, 2.75) is 6.54 Å². The lowest BCUT2D eigenvalue weighted by molar-refractivity contribution is -0.116. The Morgan fingerprint density at radius 3 is 2.50 bits per heavy atom. The van der Waals surface area contributed by atoms with Crippen LogP contribution in [0.2, 0.25) is 0 Å². The van der Waals surface area contributed by atoms with Gasteiger partial charge in [-0.1, -0.05) is 40.2 Å². The van der Waals surface area contributed by atoms with Crippen LogP contribution in [-0.4, -0.2) is 25.7 Å². The molecule has 1 amide bonds. The SMILES string of the molecule is Nc1ncnc2c1c(-c1ccc(Oc3ccccc3)cc1)nn2CC(=O)Nc1cccc(Br)c1. The molecule has 9 heteroatoms. The molecule has 3 N–H and O–H groups in total. The maximum absolute atomic E-state index is 12.7. The molecule has 0 fully saturated rings. The second-order valence-electron chi connectivity index (χ2n) is 7.46. The smallest absolute Gasteiger partial charge is 0.246 e. The van der Waals surface area contributed by atoms with E-state index in [1.807, 2.05) is 78.9 Å². The van der Waals surface area contributed by atoms with E-state index in [4.69, 9.17) is 10.5 Å². The van der Waals surface area contributed by atoms with Gasteiger partial charge in [0.25, 0.3) is 0 Å². The number of para-hydroxylation sites is 1. The molecule has 8 nitrogen and oxygen atoms in total. The Bertz CT molecular complexity index is 1470. The normalized spacial score (nSPS) is 10.9. The standard InChI is InChI=1S/C25H19BrN6O2/c26-17-5-4-6-18(13-17)30-21(33)14-32-25-22(24(27)28-15-29-25)23(31-32)16-9-11-20(12-10-16)34-19-7-2-1-3-8-19/h1-13,15H,14H2,(H,30,33)(H2,27,28,29). The Labute approximate surface area is 203 Å². The molecule has 0 bridgehead atoms. The number of carbonyl (C=O) groups is 1. The number of nitrogens with zero attached hydrogens (tertiary/aromatic N) is 4. The quantitative estimate of drug-likeness (QED) is 0.319. The molecule has 0 saturated heterocycles. The highest BCUT2D eigenvalue weighted by Crippen LogP contribution is 2.32. The molecule has 5 rings (SSSR count). The number of nitrogens with two attached hydrogens (primary N) is 1. The van der Waals surface area contributed by atoms with E-state index in [-0.39, 0.29) is 12.5 Å². The van der Waals surface area contributed by atoms with Crippen LogP contribution in [0.1, 0.15) is 0 Å². The summed E-state index contributed by atoms with van der Waals surface area (Å²) in [6.45, 7) is -0.0331. The van der Waals surface area contributed by atoms with Crippen LogP contribution in [0.5, 0.6) is 11.5 Å². The Hall–Kier alpha value is -4.24. The molecule has 3 aromatic carbocycles. The van der Waals surface area contributed by atoms with Crippen LogP contribution in [0.15, 0.2) is 89.7 Å². The van der Waals surface area contributed by atoms with Gasteiger partial charge in [0.2, 0.25) is 5.91 Å². The molecule has 2 aromatic heterocycles. The van der Waals surface area contributed by atoms with Crippen LogP contribution in [0.4, 0.5) is 11.5 Å². The van der Waals surface area contributed by atoms with Crippen LogP contribution in [0.25, 0.3) is 22.3 Å². The molecular weight excluding hydrogens is 496 g/mol. The Morgan fingerprint density at radius 2 is 1.74 bits per heavy atom. The molecule has 0 unspecified atom stereocenters. The van der Waals surface area contributed by atoms with E-state index in [0.717, 1.165) is 15.8 Å². The number of anilines is 2. The van der Waals surface area contributed by atoms with Crippen molar-refractivity contribution in [2.24, 2.45) is 0 Å². The first kappa shape index (κ1) is 21.6. The topological polar surface area (TPSA) is 108 Å². The first-order chi connectivity index (χ1) is 16.6. The summed E-state index contributed by atoms with van der Waals surface area (Å²) in [5.74, 6) is 1.50. The summed E-state index contributed by atoms with van der Waals surface area (Å²) < 4.78 is 8.28. The maximum atomic E-state index is 12.7. The highest BCUT2D eigenvalue weighted by molar-refractivity contribution is 9.10. The summed E-state index contributed by atoms with van der Waals surface area (Å²) in [5.41, 5.74) is 8.73. The Morgan fingerprint density at radius 1 is 0.971 bits per heavy atom. The lowest BCUT2D eigenvalue weighted by Gasteiger charge is -2.06. The van der Waals surface area contributed by atoms with Crippen molar-refractivity contribution in [1.29, 1.82) is 0 Å². The van der Waals surface area contributed by atoms with Gasteiger partial charge in [-0.05, 0) is 54.6 Å². The van der Waals surface area contributed by atoms with Crippen molar-refractivity contribution in [3.8, 4) is 22.8 Å². The third-order valence-corrected chi connectivity index (χ3v) is 5.56. The van der Waals surface area contributed by atoms with Gasteiger partial charge in [0.1, 0.15) is 35.9 Å². The van der Waals surface area contributed by atoms with Gasteiger partial charge in [0.15, 0.2) is 5.65 Å². The number of amides is 1. The average Bonchev–Trinajstić information content (AvgIpc) is 3.20. The largest absolute Gasteiger partial charge is 0.457 e. The summed E-state index contributed by atoms with van der Waals surface area (Å²) in [7, 11) is 0. The number of hydrogen-bond donors (Lipinski definition) is 2. The van der Waals surface area contributed by atoms with E-state index in [1.165, 1.54) is 11.0 Å². The van der Waals surface area contributed by atoms with Gasteiger partial charge in [-0.3, -0.25) is 4.79 Å². The van der Waals surface area contributed by atoms with Crippen molar-refractivity contribution in [2.75, 3.05) is 11.1 Å². The molecule has 0 aliphatic carbocycles. The van der Waals surface area contributed by atoms with Gasteiger partial charge >= 0.3 is 0 Å².